The van der Waals surface area contributed by atoms with Gasteiger partial charge in [0.25, 0.3) is 11.8 Å². The smallest absolute Gasteiger partial charge is 0.282 e. The van der Waals surface area contributed by atoms with E-state index in [-0.39, 0.29) is 49.1 Å². The number of quaternary nitrogens is 1. The highest BCUT2D eigenvalue weighted by Crippen LogP contribution is 2.30. The first-order valence-electron chi connectivity index (χ1n) is 9.41. The number of nitrogens with zero attached hydrogens (tertiary/aromatic N) is 1. The quantitative estimate of drug-likeness (QED) is 0.703. The van der Waals surface area contributed by atoms with Crippen molar-refractivity contribution < 1.29 is 23.7 Å². The first kappa shape index (κ1) is 20.5. The summed E-state index contributed by atoms with van der Waals surface area (Å²) in [5.41, 5.74) is 1.75. The highest BCUT2D eigenvalue weighted by Gasteiger charge is 2.31. The lowest BCUT2D eigenvalue weighted by atomic mass is 10.1. The highest BCUT2D eigenvalue weighted by atomic mass is 19.1. The molecule has 3 rings (SSSR count). The van der Waals surface area contributed by atoms with Crippen molar-refractivity contribution in [3.05, 3.63) is 54.3 Å². The van der Waals surface area contributed by atoms with E-state index in [0.717, 1.165) is 0 Å². The molecule has 1 aliphatic heterocycles. The van der Waals surface area contributed by atoms with Gasteiger partial charge in [0.2, 0.25) is 5.91 Å². The van der Waals surface area contributed by atoms with Crippen molar-refractivity contribution in [2.24, 2.45) is 0 Å². The average molecular weight is 399 g/mol. The summed E-state index contributed by atoms with van der Waals surface area (Å²) in [5, 5.41) is 5.51. The first-order chi connectivity index (χ1) is 13.8. The molecule has 0 bridgehead atoms. The molecule has 0 radical (unpaired) electrons. The zero-order valence-electron chi connectivity index (χ0n) is 16.4. The Morgan fingerprint density at radius 1 is 1.17 bits per heavy atom. The lowest BCUT2D eigenvalue weighted by Crippen LogP contribution is -3.11. The number of anilines is 3. The van der Waals surface area contributed by atoms with Gasteiger partial charge in [-0.3, -0.25) is 14.4 Å². The Bertz CT molecular complexity index is 916. The molecule has 152 valence electrons. The number of para-hydroxylation sites is 2. The predicted molar refractivity (Wildman–Crippen MR) is 108 cm³/mol. The van der Waals surface area contributed by atoms with Crippen LogP contribution >= 0.6 is 0 Å². The van der Waals surface area contributed by atoms with Crippen molar-refractivity contribution in [3.63, 3.8) is 0 Å². The lowest BCUT2D eigenvalue weighted by Gasteiger charge is -2.28. The van der Waals surface area contributed by atoms with Crippen LogP contribution in [0.1, 0.15) is 13.3 Å². The van der Waals surface area contributed by atoms with Crippen LogP contribution in [0.2, 0.25) is 0 Å². The average Bonchev–Trinajstić information content (AvgIpc) is 2.77. The third kappa shape index (κ3) is 5.17. The molecule has 29 heavy (non-hydrogen) atoms. The van der Waals surface area contributed by atoms with E-state index in [0.29, 0.717) is 22.0 Å². The van der Waals surface area contributed by atoms with Crippen molar-refractivity contribution in [2.75, 3.05) is 35.7 Å². The van der Waals surface area contributed by atoms with E-state index in [1.807, 2.05) is 13.0 Å². The molecular formula is C21H24FN4O3+. The van der Waals surface area contributed by atoms with Crippen molar-refractivity contribution in [3.8, 4) is 0 Å². The van der Waals surface area contributed by atoms with Crippen LogP contribution in [0.25, 0.3) is 0 Å². The summed E-state index contributed by atoms with van der Waals surface area (Å²) >= 11 is 0. The summed E-state index contributed by atoms with van der Waals surface area (Å²) < 4.78 is 13.0. The number of benzene rings is 2. The minimum atomic E-state index is -0.379. The van der Waals surface area contributed by atoms with Crippen LogP contribution in [-0.4, -0.2) is 43.9 Å². The van der Waals surface area contributed by atoms with Crippen LogP contribution in [0.5, 0.6) is 0 Å². The van der Waals surface area contributed by atoms with E-state index in [2.05, 4.69) is 10.6 Å². The SMILES string of the molecule is C[C@H]1CC(=O)Nc2ccccc2N1C(=O)C[NH+](C)CC(=O)Nc1ccc(F)cc1. The molecule has 1 heterocycles. The number of amides is 3. The van der Waals surface area contributed by atoms with Gasteiger partial charge in [0.05, 0.1) is 18.4 Å². The zero-order chi connectivity index (χ0) is 21.0. The maximum atomic E-state index is 13.0. The molecule has 0 fully saturated rings. The van der Waals surface area contributed by atoms with Gasteiger partial charge in [0.15, 0.2) is 13.1 Å². The molecule has 3 amide bonds. The Labute approximate surface area is 168 Å². The summed E-state index contributed by atoms with van der Waals surface area (Å²) in [4.78, 5) is 39.6. The monoisotopic (exact) mass is 399 g/mol. The number of rotatable bonds is 5. The largest absolute Gasteiger partial charge is 0.324 e. The number of fused-ring (bicyclic) bond motifs is 1. The van der Waals surface area contributed by atoms with E-state index in [1.54, 1.807) is 30.1 Å². The topological polar surface area (TPSA) is 83.0 Å². The molecule has 0 spiro atoms. The van der Waals surface area contributed by atoms with Gasteiger partial charge in [-0.05, 0) is 43.3 Å². The van der Waals surface area contributed by atoms with Gasteiger partial charge in [0.1, 0.15) is 5.82 Å². The van der Waals surface area contributed by atoms with Crippen LogP contribution in [0.4, 0.5) is 21.5 Å². The van der Waals surface area contributed by atoms with Gasteiger partial charge >= 0.3 is 0 Å². The summed E-state index contributed by atoms with van der Waals surface area (Å²) in [6.07, 6.45) is 0.199. The summed E-state index contributed by atoms with van der Waals surface area (Å²) in [5.74, 6) is -0.965. The van der Waals surface area contributed by atoms with Gasteiger partial charge < -0.3 is 20.4 Å². The molecule has 1 aliphatic rings. The van der Waals surface area contributed by atoms with E-state index in [4.69, 9.17) is 0 Å². The van der Waals surface area contributed by atoms with Crippen molar-refractivity contribution in [1.82, 2.24) is 0 Å². The second-order valence-corrected chi connectivity index (χ2v) is 7.25. The Balaban J connectivity index is 1.64. The van der Waals surface area contributed by atoms with E-state index in [9.17, 15) is 18.8 Å². The van der Waals surface area contributed by atoms with Gasteiger partial charge in [-0.1, -0.05) is 12.1 Å². The van der Waals surface area contributed by atoms with Crippen molar-refractivity contribution >= 4 is 34.8 Å². The molecule has 2 aromatic rings. The lowest BCUT2D eigenvalue weighted by molar-refractivity contribution is -0.862. The van der Waals surface area contributed by atoms with Crippen LogP contribution in [0, 0.1) is 5.82 Å². The van der Waals surface area contributed by atoms with Crippen molar-refractivity contribution in [2.45, 2.75) is 19.4 Å². The molecule has 0 saturated heterocycles. The minimum absolute atomic E-state index is 0.0736. The van der Waals surface area contributed by atoms with Gasteiger partial charge in [-0.2, -0.15) is 0 Å². The molecule has 2 aromatic carbocycles. The van der Waals surface area contributed by atoms with Gasteiger partial charge in [-0.25, -0.2) is 4.39 Å². The molecule has 0 saturated carbocycles. The number of nitrogens with one attached hydrogen (secondary N) is 3. The number of likely N-dealkylation sites (N-methyl/N-ethyl adjacent to an activating group) is 1. The summed E-state index contributed by atoms with van der Waals surface area (Å²) in [6.45, 7) is 1.99. The Morgan fingerprint density at radius 2 is 1.86 bits per heavy atom. The van der Waals surface area contributed by atoms with Gasteiger partial charge in [0, 0.05) is 18.2 Å². The fourth-order valence-corrected chi connectivity index (χ4v) is 3.39. The fraction of sp³-hybridized carbons (Fsp3) is 0.286. The Kier molecular flexibility index (Phi) is 6.23. The molecule has 8 heteroatoms. The number of carbonyl (C=O) groups is 3. The molecule has 2 atom stereocenters. The van der Waals surface area contributed by atoms with Crippen LogP contribution < -0.4 is 20.4 Å². The number of hydrogen-bond donors (Lipinski definition) is 3. The maximum Gasteiger partial charge on any atom is 0.282 e. The molecule has 7 nitrogen and oxygen atoms in total. The number of hydrogen-bond acceptors (Lipinski definition) is 3. The second kappa shape index (κ2) is 8.83. The van der Waals surface area contributed by atoms with Crippen LogP contribution in [0.15, 0.2) is 48.5 Å². The molecule has 1 unspecified atom stereocenters. The summed E-state index contributed by atoms with van der Waals surface area (Å²) in [7, 11) is 1.75. The standard InChI is InChI=1S/C21H23FN4O3/c1-14-11-19(27)24-17-5-3-4-6-18(17)26(14)21(29)13-25(2)12-20(28)23-16-9-7-15(22)8-10-16/h3-10,14H,11-13H2,1-2H3,(H,23,28)(H,24,27)/p+1/t14-/m0/s1. The zero-order valence-corrected chi connectivity index (χ0v) is 16.4. The Morgan fingerprint density at radius 3 is 2.59 bits per heavy atom. The first-order valence-corrected chi connectivity index (χ1v) is 9.41. The third-order valence-corrected chi connectivity index (χ3v) is 4.67. The number of halogens is 1. The maximum absolute atomic E-state index is 13.0. The number of carbonyl (C=O) groups excluding carboxylic acids is 3. The molecule has 0 aromatic heterocycles. The van der Waals surface area contributed by atoms with E-state index in [1.165, 1.54) is 24.3 Å². The normalized spacial score (nSPS) is 17.0. The highest BCUT2D eigenvalue weighted by molar-refractivity contribution is 6.04. The third-order valence-electron chi connectivity index (χ3n) is 4.67. The van der Waals surface area contributed by atoms with E-state index < -0.39 is 0 Å². The predicted octanol–water partition coefficient (Wildman–Crippen LogP) is 1.04. The van der Waals surface area contributed by atoms with Crippen molar-refractivity contribution in [1.29, 1.82) is 0 Å². The molecular weight excluding hydrogens is 375 g/mol. The van der Waals surface area contributed by atoms with Crippen LogP contribution in [-0.2, 0) is 14.4 Å². The fourth-order valence-electron chi connectivity index (χ4n) is 3.39. The summed E-state index contributed by atoms with van der Waals surface area (Å²) in [6, 6.07) is 12.4. The second-order valence-electron chi connectivity index (χ2n) is 7.25. The van der Waals surface area contributed by atoms with Crippen LogP contribution in [0.3, 0.4) is 0 Å². The minimum Gasteiger partial charge on any atom is -0.324 e. The molecule has 0 aliphatic carbocycles. The van der Waals surface area contributed by atoms with Gasteiger partial charge in [-0.15, -0.1) is 0 Å². The van der Waals surface area contributed by atoms with E-state index >= 15 is 0 Å². The molecule has 3 N–H and O–H groups in total. The Hall–Kier alpha value is -3.26.